The van der Waals surface area contributed by atoms with Crippen LogP contribution in [0.15, 0.2) is 115 Å². The quantitative estimate of drug-likeness (QED) is 0.188. The zero-order valence-electron chi connectivity index (χ0n) is 23.6. The molecule has 0 aliphatic carbocycles. The van der Waals surface area contributed by atoms with Crippen molar-refractivity contribution in [2.75, 3.05) is 19.1 Å². The summed E-state index contributed by atoms with van der Waals surface area (Å²) in [6, 6.07) is 34.2. The van der Waals surface area contributed by atoms with E-state index in [0.717, 1.165) is 28.4 Å². The van der Waals surface area contributed by atoms with Gasteiger partial charge in [0.2, 0.25) is 5.95 Å². The van der Waals surface area contributed by atoms with Crippen LogP contribution in [-0.2, 0) is 19.6 Å². The monoisotopic (exact) mass is 560 g/mol. The van der Waals surface area contributed by atoms with Crippen LogP contribution in [0.4, 0.5) is 5.95 Å². The van der Waals surface area contributed by atoms with E-state index in [4.69, 9.17) is 19.2 Å². The molecule has 0 spiro atoms. The Morgan fingerprint density at radius 2 is 1.24 bits per heavy atom. The lowest BCUT2D eigenvalue weighted by molar-refractivity contribution is 0.0950. The Morgan fingerprint density at radius 3 is 1.81 bits per heavy atom. The first-order valence-corrected chi connectivity index (χ1v) is 13.5. The highest BCUT2D eigenvalue weighted by Gasteiger charge is 2.14. The maximum absolute atomic E-state index is 12.9. The Balaban J connectivity index is 1.27. The van der Waals surface area contributed by atoms with Crippen molar-refractivity contribution in [2.24, 2.45) is 0 Å². The third-order valence-electron chi connectivity index (χ3n) is 6.57. The summed E-state index contributed by atoms with van der Waals surface area (Å²) < 4.78 is 16.4. The summed E-state index contributed by atoms with van der Waals surface area (Å²) in [7, 11) is 3.30. The number of nitrogens with one attached hydrogen (secondary N) is 1. The van der Waals surface area contributed by atoms with E-state index < -0.39 is 0 Å². The molecule has 4 aromatic carbocycles. The minimum absolute atomic E-state index is 0.199. The van der Waals surface area contributed by atoms with Crippen molar-refractivity contribution in [1.82, 2.24) is 15.3 Å². The number of benzene rings is 4. The zero-order chi connectivity index (χ0) is 29.1. The highest BCUT2D eigenvalue weighted by atomic mass is 16.5. The molecule has 0 bridgehead atoms. The van der Waals surface area contributed by atoms with Crippen LogP contribution in [-0.4, -0.2) is 30.1 Å². The van der Waals surface area contributed by atoms with Gasteiger partial charge in [0.15, 0.2) is 0 Å². The number of para-hydroxylation sites is 1. The van der Waals surface area contributed by atoms with Gasteiger partial charge < -0.3 is 24.4 Å². The second kappa shape index (κ2) is 13.8. The van der Waals surface area contributed by atoms with E-state index in [1.54, 1.807) is 50.7 Å². The van der Waals surface area contributed by atoms with Crippen LogP contribution in [0.3, 0.4) is 0 Å². The molecular weight excluding hydrogens is 528 g/mol. The Bertz CT molecular complexity index is 1530. The number of aromatic nitrogens is 2. The first-order chi connectivity index (χ1) is 20.6. The van der Waals surface area contributed by atoms with Crippen LogP contribution in [0.2, 0.25) is 0 Å². The number of hydrogen-bond acceptors (Lipinski definition) is 7. The fraction of sp³-hybridized carbons (Fsp3) is 0.147. The summed E-state index contributed by atoms with van der Waals surface area (Å²) in [4.78, 5) is 24.3. The predicted octanol–water partition coefficient (Wildman–Crippen LogP) is 6.42. The number of rotatable bonds is 12. The lowest BCUT2D eigenvalue weighted by Crippen LogP contribution is -2.26. The second-order valence-corrected chi connectivity index (χ2v) is 9.52. The lowest BCUT2D eigenvalue weighted by Gasteiger charge is -2.23. The molecule has 212 valence electrons. The summed E-state index contributed by atoms with van der Waals surface area (Å²) in [5, 5.41) is 2.96. The molecule has 42 heavy (non-hydrogen) atoms. The maximum atomic E-state index is 12.9. The summed E-state index contributed by atoms with van der Waals surface area (Å²) in [6.07, 6.45) is 1.72. The highest BCUT2D eigenvalue weighted by Crippen LogP contribution is 2.22. The number of methoxy groups -OCH3 is 2. The number of amides is 1. The third kappa shape index (κ3) is 7.63. The van der Waals surface area contributed by atoms with Crippen molar-refractivity contribution in [2.45, 2.75) is 19.6 Å². The normalized spacial score (nSPS) is 10.5. The molecule has 0 saturated carbocycles. The molecule has 5 rings (SSSR count). The SMILES string of the molecule is COc1ccc(CN(Cc2ccc(OC)cc2)c2nccc(CNC(=O)c3ccc(Oc4ccccc4)cc3)n2)cc1. The van der Waals surface area contributed by atoms with Gasteiger partial charge >= 0.3 is 0 Å². The smallest absolute Gasteiger partial charge is 0.251 e. The molecule has 1 amide bonds. The molecule has 0 aliphatic heterocycles. The van der Waals surface area contributed by atoms with Gasteiger partial charge in [-0.1, -0.05) is 42.5 Å². The van der Waals surface area contributed by atoms with E-state index in [9.17, 15) is 4.79 Å². The Kier molecular flexibility index (Phi) is 9.26. The third-order valence-corrected chi connectivity index (χ3v) is 6.57. The van der Waals surface area contributed by atoms with Crippen molar-refractivity contribution >= 4 is 11.9 Å². The van der Waals surface area contributed by atoms with Gasteiger partial charge in [-0.15, -0.1) is 0 Å². The molecule has 0 unspecified atom stereocenters. The summed E-state index contributed by atoms with van der Waals surface area (Å²) in [6.45, 7) is 1.43. The van der Waals surface area contributed by atoms with Crippen LogP contribution >= 0.6 is 0 Å². The molecule has 8 heteroatoms. The molecule has 1 N–H and O–H groups in total. The average molecular weight is 561 g/mol. The topological polar surface area (TPSA) is 85.8 Å². The van der Waals surface area contributed by atoms with Crippen LogP contribution in [0.25, 0.3) is 0 Å². The van der Waals surface area contributed by atoms with Crippen LogP contribution in [0.1, 0.15) is 27.2 Å². The maximum Gasteiger partial charge on any atom is 0.251 e. The van der Waals surface area contributed by atoms with Gasteiger partial charge in [-0.05, 0) is 77.9 Å². The molecule has 0 radical (unpaired) electrons. The van der Waals surface area contributed by atoms with Gasteiger partial charge in [-0.2, -0.15) is 0 Å². The van der Waals surface area contributed by atoms with Gasteiger partial charge in [0.25, 0.3) is 5.91 Å². The predicted molar refractivity (Wildman–Crippen MR) is 162 cm³/mol. The minimum atomic E-state index is -0.199. The van der Waals surface area contributed by atoms with Crippen LogP contribution < -0.4 is 24.4 Å². The summed E-state index contributed by atoms with van der Waals surface area (Å²) >= 11 is 0. The fourth-order valence-electron chi connectivity index (χ4n) is 4.31. The van der Waals surface area contributed by atoms with Gasteiger partial charge in [-0.3, -0.25) is 4.79 Å². The summed E-state index contributed by atoms with van der Waals surface area (Å²) in [5.74, 6) is 3.36. The van der Waals surface area contributed by atoms with E-state index in [0.29, 0.717) is 36.0 Å². The zero-order valence-corrected chi connectivity index (χ0v) is 23.6. The molecule has 5 aromatic rings. The van der Waals surface area contributed by atoms with Crippen molar-refractivity contribution in [3.05, 3.63) is 138 Å². The van der Waals surface area contributed by atoms with Gasteiger partial charge in [0.05, 0.1) is 26.5 Å². The number of ether oxygens (including phenoxy) is 3. The molecule has 8 nitrogen and oxygen atoms in total. The highest BCUT2D eigenvalue weighted by molar-refractivity contribution is 5.94. The molecule has 1 heterocycles. The average Bonchev–Trinajstić information content (AvgIpc) is 3.05. The van der Waals surface area contributed by atoms with E-state index in [1.807, 2.05) is 78.9 Å². The van der Waals surface area contributed by atoms with E-state index in [-0.39, 0.29) is 12.5 Å². The number of anilines is 1. The summed E-state index contributed by atoms with van der Waals surface area (Å²) in [5.41, 5.74) is 3.41. The van der Waals surface area contributed by atoms with Crippen LogP contribution in [0.5, 0.6) is 23.0 Å². The number of hydrogen-bond donors (Lipinski definition) is 1. The Hall–Kier alpha value is -5.37. The van der Waals surface area contributed by atoms with Crippen molar-refractivity contribution in [3.8, 4) is 23.0 Å². The van der Waals surface area contributed by atoms with Crippen molar-refractivity contribution < 1.29 is 19.0 Å². The molecule has 0 fully saturated rings. The number of nitrogens with zero attached hydrogens (tertiary/aromatic N) is 3. The Labute approximate surface area is 245 Å². The Morgan fingerprint density at radius 1 is 0.690 bits per heavy atom. The lowest BCUT2D eigenvalue weighted by atomic mass is 10.1. The molecule has 1 aromatic heterocycles. The number of carbonyl (C=O) groups is 1. The molecule has 0 aliphatic rings. The molecule has 0 atom stereocenters. The molecular formula is C34H32N4O4. The van der Waals surface area contributed by atoms with Crippen LogP contribution in [0, 0.1) is 0 Å². The van der Waals surface area contributed by atoms with Crippen molar-refractivity contribution in [3.63, 3.8) is 0 Å². The first-order valence-electron chi connectivity index (χ1n) is 13.5. The van der Waals surface area contributed by atoms with E-state index >= 15 is 0 Å². The minimum Gasteiger partial charge on any atom is -0.497 e. The van der Waals surface area contributed by atoms with Gasteiger partial charge in [0, 0.05) is 24.8 Å². The van der Waals surface area contributed by atoms with Crippen molar-refractivity contribution in [1.29, 1.82) is 0 Å². The first kappa shape index (κ1) is 28.2. The largest absolute Gasteiger partial charge is 0.497 e. The van der Waals surface area contributed by atoms with E-state index in [1.165, 1.54) is 0 Å². The fourth-order valence-corrected chi connectivity index (χ4v) is 4.31. The standard InChI is InChI=1S/C34H32N4O4/c1-40-29-14-8-25(9-15-29)23-38(24-26-10-16-30(41-2)17-11-26)34-35-21-20-28(37-34)22-36-33(39)27-12-18-32(19-13-27)42-31-6-4-3-5-7-31/h3-21H,22-24H2,1-2H3,(H,36,39). The number of carbonyl (C=O) groups excluding carboxylic acids is 1. The second-order valence-electron chi connectivity index (χ2n) is 9.52. The van der Waals surface area contributed by atoms with E-state index in [2.05, 4.69) is 15.2 Å². The van der Waals surface area contributed by atoms with Gasteiger partial charge in [0.1, 0.15) is 23.0 Å². The van der Waals surface area contributed by atoms with Gasteiger partial charge in [-0.25, -0.2) is 9.97 Å². The molecule has 0 saturated heterocycles.